The molecule has 144 valence electrons. The molecule has 0 aliphatic carbocycles. The maximum atomic E-state index is 12.9. The van der Waals surface area contributed by atoms with Crippen LogP contribution in [0.3, 0.4) is 0 Å². The molecule has 0 bridgehead atoms. The van der Waals surface area contributed by atoms with Gasteiger partial charge in [-0.25, -0.2) is 9.38 Å². The number of fused-ring (bicyclic) bond motifs is 1. The topological polar surface area (TPSA) is 80.7 Å². The molecule has 27 heavy (non-hydrogen) atoms. The molecule has 0 spiro atoms. The number of hydrogen-bond donors (Lipinski definition) is 2. The number of benzene rings is 2. The molecule has 0 saturated heterocycles. The van der Waals surface area contributed by atoms with Gasteiger partial charge < -0.3 is 15.6 Å². The lowest BCUT2D eigenvalue weighted by atomic mass is 10.0. The molecule has 1 atom stereocenters. The number of halogens is 3. The van der Waals surface area contributed by atoms with Crippen molar-refractivity contribution in [2.75, 3.05) is 7.11 Å². The first-order valence-corrected chi connectivity index (χ1v) is 7.76. The van der Waals surface area contributed by atoms with Crippen LogP contribution in [0.1, 0.15) is 18.1 Å². The van der Waals surface area contributed by atoms with E-state index in [4.69, 9.17) is 10.5 Å². The monoisotopic (exact) mass is 411 g/mol. The zero-order valence-electron chi connectivity index (χ0n) is 14.5. The first-order chi connectivity index (χ1) is 12.1. The highest BCUT2D eigenvalue weighted by Gasteiger charge is 2.14. The largest absolute Gasteiger partial charge is 0.497 e. The Morgan fingerprint density at radius 3 is 2.56 bits per heavy atom. The number of nitrogens with two attached hydrogens (primary N) is 1. The van der Waals surface area contributed by atoms with Gasteiger partial charge in [-0.05, 0) is 54.1 Å². The van der Waals surface area contributed by atoms with Gasteiger partial charge in [0.05, 0.1) is 24.4 Å². The second-order valence-electron chi connectivity index (χ2n) is 5.58. The number of pyridine rings is 1. The van der Waals surface area contributed by atoms with Gasteiger partial charge in [0.2, 0.25) is 0 Å². The van der Waals surface area contributed by atoms with Crippen LogP contribution < -0.4 is 10.5 Å². The molecule has 1 unspecified atom stereocenters. The molecule has 1 heterocycles. The van der Waals surface area contributed by atoms with Crippen LogP contribution in [-0.2, 0) is 0 Å². The number of hydrogen-bond acceptors (Lipinski definition) is 4. The third-order valence-electron chi connectivity index (χ3n) is 3.84. The van der Waals surface area contributed by atoms with Crippen LogP contribution in [0.15, 0.2) is 59.7 Å². The number of ether oxygens (including phenoxy) is 1. The zero-order chi connectivity index (χ0) is 17.8. The molecule has 0 aliphatic heterocycles. The maximum Gasteiger partial charge on any atom is 0.123 e. The van der Waals surface area contributed by atoms with Crippen molar-refractivity contribution in [3.63, 3.8) is 0 Å². The average Bonchev–Trinajstić information content (AvgIpc) is 2.62. The molecule has 0 fully saturated rings. The molecule has 3 rings (SSSR count). The first-order valence-electron chi connectivity index (χ1n) is 7.76. The third-order valence-corrected chi connectivity index (χ3v) is 3.84. The van der Waals surface area contributed by atoms with Gasteiger partial charge in [0.25, 0.3) is 0 Å². The fourth-order valence-corrected chi connectivity index (χ4v) is 2.60. The van der Waals surface area contributed by atoms with Gasteiger partial charge in [-0.1, -0.05) is 0 Å². The smallest absolute Gasteiger partial charge is 0.123 e. The summed E-state index contributed by atoms with van der Waals surface area (Å²) in [5, 5.41) is 11.4. The van der Waals surface area contributed by atoms with E-state index in [1.165, 1.54) is 24.3 Å². The van der Waals surface area contributed by atoms with E-state index in [1.54, 1.807) is 19.4 Å². The molecule has 0 saturated carbocycles. The van der Waals surface area contributed by atoms with Crippen LogP contribution in [-0.4, -0.2) is 23.0 Å². The summed E-state index contributed by atoms with van der Waals surface area (Å²) in [5.41, 5.74) is 7.92. The molecular weight excluding hydrogens is 392 g/mol. The lowest BCUT2D eigenvalue weighted by Crippen LogP contribution is -2.16. The Morgan fingerprint density at radius 1 is 1.19 bits per heavy atom. The van der Waals surface area contributed by atoms with E-state index in [0.29, 0.717) is 17.0 Å². The lowest BCUT2D eigenvalue weighted by molar-refractivity contribution is 0.187. The lowest BCUT2D eigenvalue weighted by Gasteiger charge is -2.14. The van der Waals surface area contributed by atoms with Crippen molar-refractivity contribution >= 4 is 47.2 Å². The number of aliphatic hydroxyl groups is 1. The van der Waals surface area contributed by atoms with Crippen molar-refractivity contribution in [3.05, 3.63) is 66.1 Å². The maximum absolute atomic E-state index is 12.9. The Bertz CT molecular complexity index is 920. The number of methoxy groups -OCH3 is 1. The number of nitrogens with zero attached hydrogens (tertiary/aromatic N) is 2. The van der Waals surface area contributed by atoms with Gasteiger partial charge in [-0.15, -0.1) is 24.8 Å². The summed E-state index contributed by atoms with van der Waals surface area (Å²) in [5.74, 6) is 0.601. The quantitative estimate of drug-likeness (QED) is 0.483. The Hall–Kier alpha value is -2.41. The van der Waals surface area contributed by atoms with E-state index in [0.717, 1.165) is 10.9 Å². The van der Waals surface area contributed by atoms with Gasteiger partial charge in [0, 0.05) is 18.0 Å². The second-order valence-corrected chi connectivity index (χ2v) is 5.58. The number of aromatic nitrogens is 1. The SMILES string of the molecule is COc1ccc2nccc(C(O)CC(N)=Nc3ccc(F)cc3)c2c1.Cl.Cl. The summed E-state index contributed by atoms with van der Waals surface area (Å²) in [4.78, 5) is 8.50. The van der Waals surface area contributed by atoms with E-state index >= 15 is 0 Å². The Kier molecular flexibility index (Phi) is 8.43. The second kappa shape index (κ2) is 10.1. The Labute approximate surface area is 168 Å². The van der Waals surface area contributed by atoms with E-state index < -0.39 is 6.10 Å². The minimum Gasteiger partial charge on any atom is -0.497 e. The minimum atomic E-state index is -0.846. The molecule has 0 amide bonds. The van der Waals surface area contributed by atoms with Crippen LogP contribution in [0.2, 0.25) is 0 Å². The summed E-state index contributed by atoms with van der Waals surface area (Å²) in [6.45, 7) is 0. The van der Waals surface area contributed by atoms with Crippen molar-refractivity contribution in [1.82, 2.24) is 4.98 Å². The highest BCUT2D eigenvalue weighted by molar-refractivity contribution is 5.87. The number of aliphatic hydroxyl groups excluding tert-OH is 1. The number of aliphatic imine (C=N–C) groups is 1. The normalized spacial score (nSPS) is 12.0. The summed E-state index contributed by atoms with van der Waals surface area (Å²) < 4.78 is 18.2. The Balaban J connectivity index is 0.00000182. The van der Waals surface area contributed by atoms with E-state index in [1.807, 2.05) is 18.2 Å². The minimum absolute atomic E-state index is 0. The van der Waals surface area contributed by atoms with Crippen molar-refractivity contribution in [2.45, 2.75) is 12.5 Å². The molecule has 0 aliphatic rings. The van der Waals surface area contributed by atoms with Crippen molar-refractivity contribution in [1.29, 1.82) is 0 Å². The zero-order valence-corrected chi connectivity index (χ0v) is 16.1. The van der Waals surface area contributed by atoms with Gasteiger partial charge in [0.15, 0.2) is 0 Å². The predicted octanol–water partition coefficient (Wildman–Crippen LogP) is 4.34. The molecule has 3 N–H and O–H groups in total. The fraction of sp³-hybridized carbons (Fsp3) is 0.158. The molecule has 2 aromatic carbocycles. The van der Waals surface area contributed by atoms with Gasteiger partial charge in [0.1, 0.15) is 17.4 Å². The molecular formula is C19H20Cl2FN3O2. The highest BCUT2D eigenvalue weighted by Crippen LogP contribution is 2.28. The van der Waals surface area contributed by atoms with E-state index in [9.17, 15) is 9.50 Å². The third kappa shape index (κ3) is 5.53. The number of rotatable bonds is 5. The van der Waals surface area contributed by atoms with Crippen LogP contribution >= 0.6 is 24.8 Å². The van der Waals surface area contributed by atoms with Crippen molar-refractivity contribution in [2.24, 2.45) is 10.7 Å². The molecule has 0 radical (unpaired) electrons. The molecule has 1 aromatic heterocycles. The highest BCUT2D eigenvalue weighted by atomic mass is 35.5. The Morgan fingerprint density at radius 2 is 1.89 bits per heavy atom. The summed E-state index contributed by atoms with van der Waals surface area (Å²) in [7, 11) is 1.58. The van der Waals surface area contributed by atoms with Crippen molar-refractivity contribution < 1.29 is 14.2 Å². The van der Waals surface area contributed by atoms with Crippen LogP contribution in [0, 0.1) is 5.82 Å². The standard InChI is InChI=1S/C19H18FN3O2.2ClH/c1-25-14-6-7-17-16(10-14)15(8-9-22-17)18(24)11-19(21)23-13-4-2-12(20)3-5-13;;/h2-10,18,24H,11H2,1H3,(H2,21,23);2*1H. The average molecular weight is 412 g/mol. The predicted molar refractivity (Wildman–Crippen MR) is 110 cm³/mol. The van der Waals surface area contributed by atoms with Crippen molar-refractivity contribution in [3.8, 4) is 5.75 Å². The van der Waals surface area contributed by atoms with Gasteiger partial charge >= 0.3 is 0 Å². The summed E-state index contributed by atoms with van der Waals surface area (Å²) in [6, 6.07) is 12.9. The molecule has 8 heteroatoms. The van der Waals surface area contributed by atoms with Crippen LogP contribution in [0.5, 0.6) is 5.75 Å². The van der Waals surface area contributed by atoms with E-state index in [2.05, 4.69) is 9.98 Å². The van der Waals surface area contributed by atoms with Crippen LogP contribution in [0.25, 0.3) is 10.9 Å². The number of amidine groups is 1. The summed E-state index contributed by atoms with van der Waals surface area (Å²) >= 11 is 0. The fourth-order valence-electron chi connectivity index (χ4n) is 2.60. The van der Waals surface area contributed by atoms with Gasteiger partial charge in [-0.2, -0.15) is 0 Å². The summed E-state index contributed by atoms with van der Waals surface area (Å²) in [6.07, 6.45) is 0.941. The van der Waals surface area contributed by atoms with E-state index in [-0.39, 0.29) is 42.9 Å². The molecule has 5 nitrogen and oxygen atoms in total. The van der Waals surface area contributed by atoms with Crippen LogP contribution in [0.4, 0.5) is 10.1 Å². The van der Waals surface area contributed by atoms with Gasteiger partial charge in [-0.3, -0.25) is 4.98 Å². The first kappa shape index (κ1) is 22.6. The molecule has 3 aromatic rings.